The third-order valence-corrected chi connectivity index (χ3v) is 7.75. The van der Waals surface area contributed by atoms with Gasteiger partial charge >= 0.3 is 0 Å². The molecule has 1 saturated heterocycles. The number of nitrogens with zero attached hydrogens (tertiary/aromatic N) is 5. The standard InChI is InChI=1S/C27H35N5O2S/c1-6-14-31-19(2)17-24(20(31)3)25(33)18-35-27-29-28-26(21(4)30-15-8-7-9-16-30)32(27)22-10-12-23(34-5)13-11-22/h6,10-13,17,21H,1,7-9,14-16,18H2,2-5H3/t21-/m0/s1. The van der Waals surface area contributed by atoms with Gasteiger partial charge in [0, 0.05) is 29.2 Å². The third-order valence-electron chi connectivity index (χ3n) is 6.82. The van der Waals surface area contributed by atoms with Crippen molar-refractivity contribution in [2.75, 3.05) is 26.0 Å². The van der Waals surface area contributed by atoms with E-state index in [9.17, 15) is 4.79 Å². The van der Waals surface area contributed by atoms with Crippen molar-refractivity contribution in [2.24, 2.45) is 0 Å². The number of hydrogen-bond acceptors (Lipinski definition) is 6. The van der Waals surface area contributed by atoms with Crippen molar-refractivity contribution in [1.82, 2.24) is 24.2 Å². The molecule has 1 aromatic carbocycles. The van der Waals surface area contributed by atoms with Crippen LogP contribution < -0.4 is 4.74 Å². The van der Waals surface area contributed by atoms with E-state index in [-0.39, 0.29) is 11.8 Å². The van der Waals surface area contributed by atoms with Gasteiger partial charge in [0.25, 0.3) is 0 Å². The van der Waals surface area contributed by atoms with E-state index in [0.717, 1.165) is 52.5 Å². The highest BCUT2D eigenvalue weighted by Crippen LogP contribution is 2.30. The minimum Gasteiger partial charge on any atom is -0.497 e. The van der Waals surface area contributed by atoms with Crippen LogP contribution in [-0.4, -0.2) is 56.0 Å². The summed E-state index contributed by atoms with van der Waals surface area (Å²) in [5.41, 5.74) is 3.77. The molecule has 3 aromatic rings. The Balaban J connectivity index is 1.61. The van der Waals surface area contributed by atoms with Crippen molar-refractivity contribution in [3.63, 3.8) is 0 Å². The molecule has 35 heavy (non-hydrogen) atoms. The Labute approximate surface area is 212 Å². The van der Waals surface area contributed by atoms with Crippen LogP contribution in [0.3, 0.4) is 0 Å². The highest BCUT2D eigenvalue weighted by Gasteiger charge is 2.26. The van der Waals surface area contributed by atoms with Gasteiger partial charge in [-0.05, 0) is 77.0 Å². The first kappa shape index (κ1) is 25.3. The minimum atomic E-state index is 0.0910. The summed E-state index contributed by atoms with van der Waals surface area (Å²) in [6.45, 7) is 12.9. The number of allylic oxidation sites excluding steroid dienone is 1. The number of likely N-dealkylation sites (tertiary alicyclic amines) is 1. The van der Waals surface area contributed by atoms with Crippen LogP contribution in [-0.2, 0) is 6.54 Å². The Bertz CT molecular complexity index is 1180. The smallest absolute Gasteiger partial charge is 0.196 e. The lowest BCUT2D eigenvalue weighted by molar-refractivity contribution is 0.102. The predicted octanol–water partition coefficient (Wildman–Crippen LogP) is 5.40. The van der Waals surface area contributed by atoms with Crippen molar-refractivity contribution in [3.8, 4) is 11.4 Å². The van der Waals surface area contributed by atoms with Crippen molar-refractivity contribution < 1.29 is 9.53 Å². The minimum absolute atomic E-state index is 0.0910. The zero-order chi connectivity index (χ0) is 24.9. The monoisotopic (exact) mass is 493 g/mol. The number of methoxy groups -OCH3 is 1. The maximum atomic E-state index is 13.2. The second-order valence-corrected chi connectivity index (χ2v) is 9.99. The van der Waals surface area contributed by atoms with Gasteiger partial charge in [-0.2, -0.15) is 0 Å². The van der Waals surface area contributed by atoms with Crippen LogP contribution in [0.25, 0.3) is 5.69 Å². The van der Waals surface area contributed by atoms with E-state index in [1.807, 2.05) is 50.3 Å². The SMILES string of the molecule is C=CCn1c(C)cc(C(=O)CSc2nnc([C@H](C)N3CCCCC3)n2-c2ccc(OC)cc2)c1C. The number of piperidine rings is 1. The third kappa shape index (κ3) is 5.38. The van der Waals surface area contributed by atoms with Gasteiger partial charge < -0.3 is 9.30 Å². The molecule has 0 aliphatic carbocycles. The van der Waals surface area contributed by atoms with Crippen LogP contribution in [0, 0.1) is 13.8 Å². The summed E-state index contributed by atoms with van der Waals surface area (Å²) in [6, 6.07) is 10.0. The molecule has 0 radical (unpaired) electrons. The molecule has 186 valence electrons. The van der Waals surface area contributed by atoms with Crippen LogP contribution in [0.5, 0.6) is 5.75 Å². The fraction of sp³-hybridized carbons (Fsp3) is 0.444. The number of aromatic nitrogens is 4. The number of ketones is 1. The molecule has 7 nitrogen and oxygen atoms in total. The molecular weight excluding hydrogens is 458 g/mol. The van der Waals surface area contributed by atoms with Gasteiger partial charge in [-0.25, -0.2) is 0 Å². The quantitative estimate of drug-likeness (QED) is 0.214. The molecule has 2 aromatic heterocycles. The van der Waals surface area contributed by atoms with Gasteiger partial charge in [-0.15, -0.1) is 16.8 Å². The first-order valence-electron chi connectivity index (χ1n) is 12.2. The maximum absolute atomic E-state index is 13.2. The zero-order valence-electron chi connectivity index (χ0n) is 21.2. The molecule has 1 atom stereocenters. The van der Waals surface area contributed by atoms with Crippen molar-refractivity contribution >= 4 is 17.5 Å². The van der Waals surface area contributed by atoms with Gasteiger partial charge in [0.2, 0.25) is 0 Å². The van der Waals surface area contributed by atoms with Gasteiger partial charge in [-0.3, -0.25) is 14.3 Å². The summed E-state index contributed by atoms with van der Waals surface area (Å²) in [5, 5.41) is 9.88. The number of carbonyl (C=O) groups excluding carboxylic acids is 1. The average Bonchev–Trinajstić information content (AvgIpc) is 3.44. The van der Waals surface area contributed by atoms with E-state index in [1.54, 1.807) is 7.11 Å². The Hall–Kier alpha value is -2.84. The fourth-order valence-corrected chi connectivity index (χ4v) is 5.63. The number of Topliss-reactive ketones (excluding diaryl/α,β-unsaturated/α-hetero) is 1. The lowest BCUT2D eigenvalue weighted by Crippen LogP contribution is -2.33. The Morgan fingerprint density at radius 3 is 2.54 bits per heavy atom. The Kier molecular flexibility index (Phi) is 8.13. The van der Waals surface area contributed by atoms with E-state index < -0.39 is 0 Å². The first-order valence-corrected chi connectivity index (χ1v) is 13.2. The van der Waals surface area contributed by atoms with Crippen LogP contribution >= 0.6 is 11.8 Å². The number of ether oxygens (including phenoxy) is 1. The van der Waals surface area contributed by atoms with Gasteiger partial charge in [0.1, 0.15) is 5.75 Å². The highest BCUT2D eigenvalue weighted by molar-refractivity contribution is 7.99. The molecule has 8 heteroatoms. The van der Waals surface area contributed by atoms with Crippen molar-refractivity contribution in [2.45, 2.75) is 57.8 Å². The second kappa shape index (κ2) is 11.3. The summed E-state index contributed by atoms with van der Waals surface area (Å²) in [4.78, 5) is 15.7. The average molecular weight is 494 g/mol. The van der Waals surface area contributed by atoms with E-state index in [4.69, 9.17) is 4.74 Å². The summed E-state index contributed by atoms with van der Waals surface area (Å²) < 4.78 is 9.56. The summed E-state index contributed by atoms with van der Waals surface area (Å²) in [7, 11) is 1.66. The number of hydrogen-bond donors (Lipinski definition) is 0. The van der Waals surface area contributed by atoms with E-state index in [2.05, 4.69) is 37.7 Å². The van der Waals surface area contributed by atoms with Crippen LogP contribution in [0.15, 0.2) is 48.1 Å². The molecule has 3 heterocycles. The highest BCUT2D eigenvalue weighted by atomic mass is 32.2. The maximum Gasteiger partial charge on any atom is 0.196 e. The van der Waals surface area contributed by atoms with E-state index in [0.29, 0.717) is 12.3 Å². The predicted molar refractivity (Wildman–Crippen MR) is 141 cm³/mol. The van der Waals surface area contributed by atoms with Gasteiger partial charge in [-0.1, -0.05) is 24.3 Å². The number of carbonyl (C=O) groups is 1. The van der Waals surface area contributed by atoms with Crippen molar-refractivity contribution in [1.29, 1.82) is 0 Å². The molecule has 1 aliphatic rings. The van der Waals surface area contributed by atoms with Crippen molar-refractivity contribution in [3.05, 3.63) is 65.8 Å². The van der Waals surface area contributed by atoms with Crippen LogP contribution in [0.1, 0.15) is 59.8 Å². The number of thioether (sulfide) groups is 1. The molecule has 0 amide bonds. The van der Waals surface area contributed by atoms with E-state index in [1.165, 1.54) is 31.0 Å². The molecule has 0 saturated carbocycles. The molecule has 0 unspecified atom stereocenters. The van der Waals surface area contributed by atoms with E-state index >= 15 is 0 Å². The molecule has 0 spiro atoms. The molecular formula is C27H35N5O2S. The van der Waals surface area contributed by atoms with Crippen LogP contribution in [0.4, 0.5) is 0 Å². The second-order valence-electron chi connectivity index (χ2n) is 9.04. The number of aryl methyl sites for hydroxylation is 1. The Morgan fingerprint density at radius 2 is 1.89 bits per heavy atom. The zero-order valence-corrected chi connectivity index (χ0v) is 22.0. The van der Waals surface area contributed by atoms with Gasteiger partial charge in [0.05, 0.1) is 18.9 Å². The summed E-state index contributed by atoms with van der Waals surface area (Å²) in [6.07, 6.45) is 5.55. The molecule has 4 rings (SSSR count). The first-order chi connectivity index (χ1) is 16.9. The normalized spacial score (nSPS) is 15.2. The lowest BCUT2D eigenvalue weighted by atomic mass is 10.1. The van der Waals surface area contributed by atoms with Crippen LogP contribution in [0.2, 0.25) is 0 Å². The topological polar surface area (TPSA) is 65.2 Å². The molecule has 0 bridgehead atoms. The lowest BCUT2D eigenvalue weighted by Gasteiger charge is -2.31. The Morgan fingerprint density at radius 1 is 1.17 bits per heavy atom. The summed E-state index contributed by atoms with van der Waals surface area (Å²) in [5.74, 6) is 2.08. The fourth-order valence-electron chi connectivity index (χ4n) is 4.79. The molecule has 1 fully saturated rings. The van der Waals surface area contributed by atoms with Gasteiger partial charge in [0.15, 0.2) is 16.8 Å². The molecule has 1 aliphatic heterocycles. The summed E-state index contributed by atoms with van der Waals surface area (Å²) >= 11 is 1.44. The number of benzene rings is 1. The number of rotatable bonds is 10. The largest absolute Gasteiger partial charge is 0.497 e. The molecule has 0 N–H and O–H groups in total.